The summed E-state index contributed by atoms with van der Waals surface area (Å²) in [5.41, 5.74) is 0.548. The third-order valence-corrected chi connectivity index (χ3v) is 3.53. The van der Waals surface area contributed by atoms with Crippen LogP contribution >= 0.6 is 0 Å². The van der Waals surface area contributed by atoms with E-state index in [1.807, 2.05) is 0 Å². The van der Waals surface area contributed by atoms with Gasteiger partial charge in [-0.15, -0.1) is 0 Å². The Kier molecular flexibility index (Phi) is 5.20. The monoisotopic (exact) mass is 320 g/mol. The molecule has 1 aromatic carbocycles. The molecule has 2 N–H and O–H groups in total. The van der Waals surface area contributed by atoms with Crippen LogP contribution in [0.2, 0.25) is 0 Å². The summed E-state index contributed by atoms with van der Waals surface area (Å²) in [5, 5.41) is 12.6. The van der Waals surface area contributed by atoms with Crippen molar-refractivity contribution in [2.24, 2.45) is 0 Å². The number of hydrogen-bond acceptors (Lipinski definition) is 5. The average Bonchev–Trinajstić information content (AvgIpc) is 3.30. The van der Waals surface area contributed by atoms with E-state index in [1.54, 1.807) is 19.1 Å². The Morgan fingerprint density at radius 3 is 2.70 bits per heavy atom. The van der Waals surface area contributed by atoms with E-state index in [0.717, 1.165) is 12.8 Å². The first-order valence-electron chi connectivity index (χ1n) is 7.37. The van der Waals surface area contributed by atoms with E-state index in [2.05, 4.69) is 5.32 Å². The van der Waals surface area contributed by atoms with Crippen LogP contribution in [0.1, 0.15) is 28.8 Å². The zero-order valence-corrected chi connectivity index (χ0v) is 13.2. The minimum atomic E-state index is -0.782. The van der Waals surface area contributed by atoms with Gasteiger partial charge in [-0.25, -0.2) is 4.79 Å². The third kappa shape index (κ3) is 4.70. The quantitative estimate of drug-likeness (QED) is 0.748. The first-order chi connectivity index (χ1) is 10.9. The van der Waals surface area contributed by atoms with Crippen molar-refractivity contribution in [3.63, 3.8) is 0 Å². The van der Waals surface area contributed by atoms with Gasteiger partial charge in [0.1, 0.15) is 11.3 Å². The molecule has 0 aliphatic heterocycles. The standard InChI is InChI=1S/C16H20N2O5/c1-10-4-3-5-12(15(10)21)16(22)23-9-14(20)18(2)8-13(19)17-11-6-7-11/h3-5,11,21H,6-9H2,1-2H3,(H,17,19). The SMILES string of the molecule is Cc1cccc(C(=O)OCC(=O)N(C)CC(=O)NC2CC2)c1O. The van der Waals surface area contributed by atoms with E-state index in [9.17, 15) is 19.5 Å². The molecule has 1 aliphatic rings. The number of carbonyl (C=O) groups excluding carboxylic acids is 3. The molecule has 23 heavy (non-hydrogen) atoms. The lowest BCUT2D eigenvalue weighted by molar-refractivity contribution is -0.137. The molecule has 0 atom stereocenters. The number of benzene rings is 1. The summed E-state index contributed by atoms with van der Waals surface area (Å²) in [6.45, 7) is 1.09. The topological polar surface area (TPSA) is 95.9 Å². The third-order valence-electron chi connectivity index (χ3n) is 3.53. The molecule has 0 heterocycles. The number of amides is 2. The highest BCUT2D eigenvalue weighted by molar-refractivity contribution is 5.94. The highest BCUT2D eigenvalue weighted by Gasteiger charge is 2.24. The zero-order chi connectivity index (χ0) is 17.0. The van der Waals surface area contributed by atoms with E-state index in [0.29, 0.717) is 5.56 Å². The van der Waals surface area contributed by atoms with E-state index in [4.69, 9.17) is 4.74 Å². The minimum Gasteiger partial charge on any atom is -0.507 e. The molecule has 0 aromatic heterocycles. The summed E-state index contributed by atoms with van der Waals surface area (Å²) in [7, 11) is 1.47. The second-order valence-electron chi connectivity index (χ2n) is 5.64. The molecule has 7 nitrogen and oxygen atoms in total. The largest absolute Gasteiger partial charge is 0.507 e. The molecule has 2 amide bonds. The first kappa shape index (κ1) is 16.8. The number of carbonyl (C=O) groups is 3. The number of likely N-dealkylation sites (N-methyl/N-ethyl adjacent to an activating group) is 1. The summed E-state index contributed by atoms with van der Waals surface area (Å²) < 4.78 is 4.90. The summed E-state index contributed by atoms with van der Waals surface area (Å²) in [4.78, 5) is 36.6. The number of nitrogens with zero attached hydrogens (tertiary/aromatic N) is 1. The number of aryl methyl sites for hydroxylation is 1. The molecular formula is C16H20N2O5. The lowest BCUT2D eigenvalue weighted by atomic mass is 10.1. The number of phenolic OH excluding ortho intramolecular Hbond substituents is 1. The van der Waals surface area contributed by atoms with Crippen molar-refractivity contribution < 1.29 is 24.2 Å². The Labute approximate surface area is 134 Å². The normalized spacial score (nSPS) is 13.3. The van der Waals surface area contributed by atoms with E-state index in [-0.39, 0.29) is 29.8 Å². The van der Waals surface area contributed by atoms with Gasteiger partial charge >= 0.3 is 5.97 Å². The molecule has 0 saturated heterocycles. The maximum atomic E-state index is 11.9. The fraction of sp³-hybridized carbons (Fsp3) is 0.438. The number of para-hydroxylation sites is 1. The van der Waals surface area contributed by atoms with Crippen molar-refractivity contribution in [3.8, 4) is 5.75 Å². The summed E-state index contributed by atoms with van der Waals surface area (Å²) >= 11 is 0. The maximum Gasteiger partial charge on any atom is 0.342 e. The smallest absolute Gasteiger partial charge is 0.342 e. The van der Waals surface area contributed by atoms with Gasteiger partial charge in [0.2, 0.25) is 5.91 Å². The van der Waals surface area contributed by atoms with Crippen LogP contribution in [-0.2, 0) is 14.3 Å². The predicted molar refractivity (Wildman–Crippen MR) is 81.9 cm³/mol. The fourth-order valence-electron chi connectivity index (χ4n) is 1.94. The van der Waals surface area contributed by atoms with Gasteiger partial charge in [0.25, 0.3) is 5.91 Å². The Bertz CT molecular complexity index is 625. The molecule has 0 spiro atoms. The molecule has 124 valence electrons. The number of rotatable bonds is 6. The van der Waals surface area contributed by atoms with Crippen LogP contribution < -0.4 is 5.32 Å². The first-order valence-corrected chi connectivity index (χ1v) is 7.37. The molecule has 1 aliphatic carbocycles. The Morgan fingerprint density at radius 1 is 1.35 bits per heavy atom. The fourth-order valence-corrected chi connectivity index (χ4v) is 1.94. The highest BCUT2D eigenvalue weighted by Crippen LogP contribution is 2.22. The molecule has 0 unspecified atom stereocenters. The van der Waals surface area contributed by atoms with Crippen molar-refractivity contribution in [1.82, 2.24) is 10.2 Å². The van der Waals surface area contributed by atoms with Crippen LogP contribution in [0.3, 0.4) is 0 Å². The number of hydrogen-bond donors (Lipinski definition) is 2. The number of ether oxygens (including phenoxy) is 1. The molecule has 2 rings (SSSR count). The van der Waals surface area contributed by atoms with E-state index in [1.165, 1.54) is 18.0 Å². The summed E-state index contributed by atoms with van der Waals surface area (Å²) in [6.07, 6.45) is 1.95. The second-order valence-corrected chi connectivity index (χ2v) is 5.64. The number of esters is 1. The van der Waals surface area contributed by atoms with Gasteiger partial charge in [-0.1, -0.05) is 12.1 Å². The number of nitrogens with one attached hydrogen (secondary N) is 1. The van der Waals surface area contributed by atoms with Crippen LogP contribution in [0.5, 0.6) is 5.75 Å². The van der Waals surface area contributed by atoms with Crippen molar-refractivity contribution >= 4 is 17.8 Å². The highest BCUT2D eigenvalue weighted by atomic mass is 16.5. The van der Waals surface area contributed by atoms with Gasteiger partial charge < -0.3 is 20.1 Å². The van der Waals surface area contributed by atoms with Gasteiger partial charge in [0, 0.05) is 13.1 Å². The lowest BCUT2D eigenvalue weighted by Gasteiger charge is -2.16. The average molecular weight is 320 g/mol. The van der Waals surface area contributed by atoms with E-state index < -0.39 is 18.5 Å². The van der Waals surface area contributed by atoms with Crippen LogP contribution in [0.15, 0.2) is 18.2 Å². The molecule has 0 radical (unpaired) electrons. The van der Waals surface area contributed by atoms with Crippen molar-refractivity contribution in [1.29, 1.82) is 0 Å². The molecule has 1 saturated carbocycles. The van der Waals surface area contributed by atoms with Crippen molar-refractivity contribution in [2.45, 2.75) is 25.8 Å². The number of aromatic hydroxyl groups is 1. The Morgan fingerprint density at radius 2 is 2.04 bits per heavy atom. The molecule has 1 fully saturated rings. The van der Waals surface area contributed by atoms with Crippen LogP contribution in [-0.4, -0.2) is 54.0 Å². The van der Waals surface area contributed by atoms with Crippen LogP contribution in [0.25, 0.3) is 0 Å². The van der Waals surface area contributed by atoms with Gasteiger partial charge in [0.15, 0.2) is 6.61 Å². The molecule has 7 heteroatoms. The van der Waals surface area contributed by atoms with Crippen molar-refractivity contribution in [2.75, 3.05) is 20.2 Å². The van der Waals surface area contributed by atoms with Gasteiger partial charge in [-0.05, 0) is 31.4 Å². The second kappa shape index (κ2) is 7.13. The van der Waals surface area contributed by atoms with Crippen molar-refractivity contribution in [3.05, 3.63) is 29.3 Å². The van der Waals surface area contributed by atoms with Gasteiger partial charge in [-0.3, -0.25) is 9.59 Å². The Balaban J connectivity index is 1.81. The molecular weight excluding hydrogens is 300 g/mol. The van der Waals surface area contributed by atoms with E-state index >= 15 is 0 Å². The maximum absolute atomic E-state index is 11.9. The summed E-state index contributed by atoms with van der Waals surface area (Å²) in [5.74, 6) is -1.67. The van der Waals surface area contributed by atoms with Gasteiger partial charge in [-0.2, -0.15) is 0 Å². The zero-order valence-electron chi connectivity index (χ0n) is 13.2. The molecule has 1 aromatic rings. The predicted octanol–water partition coefficient (Wildman–Crippen LogP) is 0.594. The Hall–Kier alpha value is -2.57. The summed E-state index contributed by atoms with van der Waals surface area (Å²) in [6, 6.07) is 4.92. The van der Waals surface area contributed by atoms with Crippen LogP contribution in [0, 0.1) is 6.92 Å². The number of phenols is 1. The minimum absolute atomic E-state index is 0.00642. The van der Waals surface area contributed by atoms with Crippen LogP contribution in [0.4, 0.5) is 0 Å². The molecule has 0 bridgehead atoms. The lowest BCUT2D eigenvalue weighted by Crippen LogP contribution is -2.40. The van der Waals surface area contributed by atoms with Gasteiger partial charge in [0.05, 0.1) is 6.54 Å².